The van der Waals surface area contributed by atoms with Crippen molar-refractivity contribution in [3.8, 4) is 0 Å². The zero-order chi connectivity index (χ0) is 15.1. The van der Waals surface area contributed by atoms with Gasteiger partial charge in [0, 0.05) is 11.3 Å². The van der Waals surface area contributed by atoms with Gasteiger partial charge in [-0.05, 0) is 30.2 Å². The lowest BCUT2D eigenvalue weighted by molar-refractivity contribution is 0.319. The Morgan fingerprint density at radius 3 is 2.62 bits per heavy atom. The average Bonchev–Trinajstić information content (AvgIpc) is 2.82. The first kappa shape index (κ1) is 16.7. The number of nitrogens with zero attached hydrogens (tertiary/aromatic N) is 1. The van der Waals surface area contributed by atoms with Gasteiger partial charge in [-0.2, -0.15) is 11.8 Å². The van der Waals surface area contributed by atoms with Crippen LogP contribution in [0.25, 0.3) is 0 Å². The Kier molecular flexibility index (Phi) is 6.90. The predicted octanol–water partition coefficient (Wildman–Crippen LogP) is 5.60. The summed E-state index contributed by atoms with van der Waals surface area (Å²) in [4.78, 5) is 0. The molecular formula is C15H15Cl2NOS2. The Hall–Kier alpha value is -0.680. The van der Waals surface area contributed by atoms with E-state index < -0.39 is 0 Å². The first-order valence-electron chi connectivity index (χ1n) is 6.48. The van der Waals surface area contributed by atoms with Crippen molar-refractivity contribution in [3.05, 3.63) is 56.2 Å². The highest BCUT2D eigenvalue weighted by atomic mass is 35.5. The van der Waals surface area contributed by atoms with Crippen LogP contribution in [-0.4, -0.2) is 22.4 Å². The number of hydrogen-bond donors (Lipinski definition) is 1. The summed E-state index contributed by atoms with van der Waals surface area (Å²) in [5, 5.41) is 12.5. The molecule has 2 aromatic rings. The molecule has 1 N–H and O–H groups in total. The number of aryl methyl sites for hydroxylation is 1. The molecule has 6 heteroatoms. The molecule has 0 aliphatic rings. The van der Waals surface area contributed by atoms with Crippen molar-refractivity contribution < 1.29 is 5.21 Å². The van der Waals surface area contributed by atoms with Gasteiger partial charge < -0.3 is 5.21 Å². The van der Waals surface area contributed by atoms with Crippen molar-refractivity contribution in [2.24, 2.45) is 5.16 Å². The fraction of sp³-hybridized carbons (Fsp3) is 0.267. The summed E-state index contributed by atoms with van der Waals surface area (Å²) in [5.41, 5.74) is 2.65. The molecule has 0 radical (unpaired) electrons. The number of thioether (sulfide) groups is 1. The minimum absolute atomic E-state index is 0.567. The van der Waals surface area contributed by atoms with Gasteiger partial charge >= 0.3 is 0 Å². The highest BCUT2D eigenvalue weighted by Gasteiger charge is 2.13. The Balaban J connectivity index is 1.76. The Labute approximate surface area is 142 Å². The number of halogens is 2. The summed E-state index contributed by atoms with van der Waals surface area (Å²) in [7, 11) is 0. The van der Waals surface area contributed by atoms with Gasteiger partial charge in [-0.3, -0.25) is 0 Å². The molecule has 0 spiro atoms. The zero-order valence-corrected chi connectivity index (χ0v) is 14.4. The first-order valence-corrected chi connectivity index (χ1v) is 9.21. The molecule has 0 unspecified atom stereocenters. The maximum Gasteiger partial charge on any atom is 0.104 e. The van der Waals surface area contributed by atoms with Crippen molar-refractivity contribution in [2.45, 2.75) is 12.8 Å². The van der Waals surface area contributed by atoms with E-state index in [2.05, 4.69) is 29.4 Å². The lowest BCUT2D eigenvalue weighted by Gasteiger charge is -2.04. The van der Waals surface area contributed by atoms with E-state index in [1.807, 2.05) is 6.07 Å². The van der Waals surface area contributed by atoms with E-state index in [9.17, 15) is 0 Å². The average molecular weight is 360 g/mol. The molecule has 21 heavy (non-hydrogen) atoms. The maximum absolute atomic E-state index is 9.13. The van der Waals surface area contributed by atoms with Crippen molar-refractivity contribution in [2.75, 3.05) is 11.5 Å². The van der Waals surface area contributed by atoms with Crippen LogP contribution in [-0.2, 0) is 6.42 Å². The van der Waals surface area contributed by atoms with Crippen LogP contribution in [0, 0.1) is 0 Å². The SMILES string of the molecule is O/N=C(/CSCCCc1ccccc1)c1cc(Cl)sc1Cl. The van der Waals surface area contributed by atoms with Gasteiger partial charge in [0.15, 0.2) is 0 Å². The predicted molar refractivity (Wildman–Crippen MR) is 94.8 cm³/mol. The van der Waals surface area contributed by atoms with Crippen molar-refractivity contribution in [3.63, 3.8) is 0 Å². The quantitative estimate of drug-likeness (QED) is 0.302. The molecule has 0 saturated heterocycles. The molecule has 1 aromatic heterocycles. The third-order valence-corrected chi connectivity index (χ3v) is 5.47. The van der Waals surface area contributed by atoms with E-state index in [-0.39, 0.29) is 0 Å². The third kappa shape index (κ3) is 5.22. The highest BCUT2D eigenvalue weighted by molar-refractivity contribution is 7.99. The number of rotatable bonds is 7. The summed E-state index contributed by atoms with van der Waals surface area (Å²) in [6.07, 6.45) is 2.15. The Bertz CT molecular complexity index is 599. The number of hydrogen-bond acceptors (Lipinski definition) is 4. The van der Waals surface area contributed by atoms with E-state index in [0.717, 1.165) is 24.2 Å². The molecule has 0 saturated carbocycles. The maximum atomic E-state index is 9.13. The molecular weight excluding hydrogens is 345 g/mol. The van der Waals surface area contributed by atoms with Gasteiger partial charge in [-0.15, -0.1) is 11.3 Å². The Morgan fingerprint density at radius 1 is 1.24 bits per heavy atom. The van der Waals surface area contributed by atoms with Crippen molar-refractivity contribution in [1.82, 2.24) is 0 Å². The third-order valence-electron chi connectivity index (χ3n) is 2.92. The summed E-state index contributed by atoms with van der Waals surface area (Å²) in [6.45, 7) is 0. The Morgan fingerprint density at radius 2 is 2.00 bits per heavy atom. The molecule has 0 aliphatic carbocycles. The fourth-order valence-corrected chi connectivity index (χ4v) is 4.30. The monoisotopic (exact) mass is 359 g/mol. The van der Waals surface area contributed by atoms with Crippen LogP contribution in [0.1, 0.15) is 17.5 Å². The van der Waals surface area contributed by atoms with E-state index in [1.54, 1.807) is 17.8 Å². The van der Waals surface area contributed by atoms with E-state index in [0.29, 0.717) is 20.1 Å². The van der Waals surface area contributed by atoms with Crippen LogP contribution < -0.4 is 0 Å². The van der Waals surface area contributed by atoms with Gasteiger partial charge in [0.25, 0.3) is 0 Å². The second kappa shape index (κ2) is 8.69. The number of thiophene rings is 1. The summed E-state index contributed by atoms with van der Waals surface area (Å²) in [5.74, 6) is 1.63. The number of oxime groups is 1. The molecule has 0 atom stereocenters. The van der Waals surface area contributed by atoms with E-state index in [1.165, 1.54) is 16.9 Å². The van der Waals surface area contributed by atoms with E-state index in [4.69, 9.17) is 28.4 Å². The molecule has 0 aliphatic heterocycles. The van der Waals surface area contributed by atoms with Crippen molar-refractivity contribution in [1.29, 1.82) is 0 Å². The molecule has 1 heterocycles. The second-order valence-corrected chi connectivity index (χ2v) is 7.82. The summed E-state index contributed by atoms with van der Waals surface area (Å²) < 4.78 is 1.17. The van der Waals surface area contributed by atoms with Gasteiger partial charge in [0.1, 0.15) is 4.34 Å². The van der Waals surface area contributed by atoms with Gasteiger partial charge in [-0.1, -0.05) is 58.7 Å². The summed E-state index contributed by atoms with van der Waals surface area (Å²) in [6, 6.07) is 12.2. The van der Waals surface area contributed by atoms with Crippen LogP contribution in [0.3, 0.4) is 0 Å². The molecule has 2 rings (SSSR count). The van der Waals surface area contributed by atoms with Crippen LogP contribution in [0.5, 0.6) is 0 Å². The normalized spacial score (nSPS) is 11.8. The van der Waals surface area contributed by atoms with Gasteiger partial charge in [0.05, 0.1) is 10.0 Å². The fourth-order valence-electron chi connectivity index (χ4n) is 1.89. The second-order valence-electron chi connectivity index (χ2n) is 4.43. The van der Waals surface area contributed by atoms with Crippen LogP contribution in [0.2, 0.25) is 8.67 Å². The smallest absolute Gasteiger partial charge is 0.104 e. The first-order chi connectivity index (χ1) is 10.2. The van der Waals surface area contributed by atoms with Gasteiger partial charge in [-0.25, -0.2) is 0 Å². The minimum atomic E-state index is 0.567. The zero-order valence-electron chi connectivity index (χ0n) is 11.3. The highest BCUT2D eigenvalue weighted by Crippen LogP contribution is 2.32. The molecule has 1 aromatic carbocycles. The molecule has 112 valence electrons. The van der Waals surface area contributed by atoms with Crippen LogP contribution >= 0.6 is 46.3 Å². The lowest BCUT2D eigenvalue weighted by Crippen LogP contribution is -2.04. The van der Waals surface area contributed by atoms with Crippen LogP contribution in [0.4, 0.5) is 0 Å². The lowest BCUT2D eigenvalue weighted by atomic mass is 10.1. The summed E-state index contributed by atoms with van der Waals surface area (Å²) >= 11 is 15.0. The molecule has 0 amide bonds. The molecule has 0 bridgehead atoms. The van der Waals surface area contributed by atoms with Crippen molar-refractivity contribution >= 4 is 52.0 Å². The van der Waals surface area contributed by atoms with E-state index >= 15 is 0 Å². The molecule has 2 nitrogen and oxygen atoms in total. The molecule has 0 fully saturated rings. The number of benzene rings is 1. The van der Waals surface area contributed by atoms with Crippen LogP contribution in [0.15, 0.2) is 41.6 Å². The van der Waals surface area contributed by atoms with Gasteiger partial charge in [0.2, 0.25) is 0 Å². The minimum Gasteiger partial charge on any atom is -0.411 e. The topological polar surface area (TPSA) is 32.6 Å². The largest absolute Gasteiger partial charge is 0.411 e. The standard InChI is InChI=1S/C15H15Cl2NOS2/c16-14-9-12(15(17)21-14)13(18-19)10-20-8-4-7-11-5-2-1-3-6-11/h1-3,5-6,9,19H,4,7-8,10H2/b18-13-.